The number of nitrogen functional groups attached to an aromatic ring is 1. The molecule has 4 nitrogen and oxygen atoms in total. The molecule has 0 bridgehead atoms. The highest BCUT2D eigenvalue weighted by Crippen LogP contribution is 2.26. The first-order valence-electron chi connectivity index (χ1n) is 5.07. The molecule has 2 aromatic rings. The molecule has 0 saturated heterocycles. The van der Waals surface area contributed by atoms with Gasteiger partial charge >= 0.3 is 0 Å². The van der Waals surface area contributed by atoms with Gasteiger partial charge in [-0.15, -0.1) is 0 Å². The summed E-state index contributed by atoms with van der Waals surface area (Å²) in [4.78, 5) is 4.25. The summed E-state index contributed by atoms with van der Waals surface area (Å²) in [7, 11) is 1.73. The Bertz CT molecular complexity index is 498. The van der Waals surface area contributed by atoms with Gasteiger partial charge in [0.2, 0.25) is 0 Å². The largest absolute Gasteiger partial charge is 0.398 e. The molecule has 2 rings (SSSR count). The van der Waals surface area contributed by atoms with E-state index in [0.717, 1.165) is 0 Å². The van der Waals surface area contributed by atoms with Crippen LogP contribution in [-0.2, 0) is 13.5 Å². The van der Waals surface area contributed by atoms with Gasteiger partial charge in [0, 0.05) is 19.2 Å². The molecule has 1 aromatic carbocycles. The van der Waals surface area contributed by atoms with Gasteiger partial charge < -0.3 is 5.73 Å². The lowest BCUT2D eigenvalue weighted by atomic mass is 10.1. The zero-order valence-corrected chi connectivity index (χ0v) is 9.24. The minimum Gasteiger partial charge on any atom is -0.398 e. The van der Waals surface area contributed by atoms with Crippen molar-refractivity contribution in [3.05, 3.63) is 29.8 Å². The molecule has 0 unspecified atom stereocenters. The van der Waals surface area contributed by atoms with Gasteiger partial charge in [-0.2, -0.15) is 5.10 Å². The summed E-state index contributed by atoms with van der Waals surface area (Å²) in [5.74, 6) is 0.769. The molecule has 0 amide bonds. The number of anilines is 1. The SMILES string of the molecule is CCc1nc(-c2c(N)cccc2F)n(C)n1. The normalized spacial score (nSPS) is 10.7. The number of benzene rings is 1. The highest BCUT2D eigenvalue weighted by molar-refractivity contribution is 5.72. The maximum absolute atomic E-state index is 13.7. The Morgan fingerprint density at radius 1 is 1.44 bits per heavy atom. The Labute approximate surface area is 92.9 Å². The molecule has 0 radical (unpaired) electrons. The van der Waals surface area contributed by atoms with Crippen LogP contribution in [0.4, 0.5) is 10.1 Å². The molecule has 0 fully saturated rings. The summed E-state index contributed by atoms with van der Waals surface area (Å²) in [5, 5.41) is 4.17. The van der Waals surface area contributed by atoms with Crippen molar-refractivity contribution in [1.82, 2.24) is 14.8 Å². The third kappa shape index (κ3) is 1.64. The second kappa shape index (κ2) is 3.92. The Hall–Kier alpha value is -1.91. The molecule has 2 N–H and O–H groups in total. The molecule has 0 aliphatic rings. The summed E-state index contributed by atoms with van der Waals surface area (Å²) in [6, 6.07) is 4.59. The molecular formula is C11H13FN4. The number of hydrogen-bond donors (Lipinski definition) is 1. The van der Waals surface area contributed by atoms with E-state index >= 15 is 0 Å². The lowest BCUT2D eigenvalue weighted by Crippen LogP contribution is -2.00. The van der Waals surface area contributed by atoms with Crippen molar-refractivity contribution in [2.75, 3.05) is 5.73 Å². The van der Waals surface area contributed by atoms with Crippen molar-refractivity contribution >= 4 is 5.69 Å². The number of rotatable bonds is 2. The van der Waals surface area contributed by atoms with Gasteiger partial charge in [-0.1, -0.05) is 13.0 Å². The van der Waals surface area contributed by atoms with Crippen molar-refractivity contribution in [3.63, 3.8) is 0 Å². The molecule has 16 heavy (non-hydrogen) atoms. The Kier molecular flexibility index (Phi) is 2.60. The van der Waals surface area contributed by atoms with Crippen LogP contribution in [0.15, 0.2) is 18.2 Å². The Morgan fingerprint density at radius 3 is 2.75 bits per heavy atom. The van der Waals surface area contributed by atoms with Gasteiger partial charge in [-0.05, 0) is 12.1 Å². The van der Waals surface area contributed by atoms with Crippen LogP contribution in [0.3, 0.4) is 0 Å². The second-order valence-corrected chi connectivity index (χ2v) is 3.53. The monoisotopic (exact) mass is 220 g/mol. The topological polar surface area (TPSA) is 56.7 Å². The Balaban J connectivity index is 2.62. The molecule has 0 saturated carbocycles. The van der Waals surface area contributed by atoms with Gasteiger partial charge in [-0.25, -0.2) is 14.1 Å². The van der Waals surface area contributed by atoms with E-state index in [2.05, 4.69) is 10.1 Å². The van der Waals surface area contributed by atoms with E-state index in [1.165, 1.54) is 6.07 Å². The lowest BCUT2D eigenvalue weighted by molar-refractivity contribution is 0.628. The third-order valence-corrected chi connectivity index (χ3v) is 2.39. The highest BCUT2D eigenvalue weighted by Gasteiger charge is 2.15. The quantitative estimate of drug-likeness (QED) is 0.785. The van der Waals surface area contributed by atoms with Crippen LogP contribution in [0.1, 0.15) is 12.7 Å². The average Bonchev–Trinajstić information content (AvgIpc) is 2.60. The smallest absolute Gasteiger partial charge is 0.163 e. The van der Waals surface area contributed by atoms with Crippen LogP contribution in [-0.4, -0.2) is 14.8 Å². The molecule has 0 aliphatic carbocycles. The minimum atomic E-state index is -0.377. The number of aryl methyl sites for hydroxylation is 2. The first-order valence-corrected chi connectivity index (χ1v) is 5.07. The van der Waals surface area contributed by atoms with E-state index in [1.807, 2.05) is 6.92 Å². The first-order chi connectivity index (χ1) is 7.63. The van der Waals surface area contributed by atoms with Crippen LogP contribution >= 0.6 is 0 Å². The minimum absolute atomic E-state index is 0.317. The molecule has 5 heteroatoms. The van der Waals surface area contributed by atoms with E-state index in [9.17, 15) is 4.39 Å². The van der Waals surface area contributed by atoms with Crippen molar-refractivity contribution in [2.45, 2.75) is 13.3 Å². The molecule has 84 valence electrons. The van der Waals surface area contributed by atoms with E-state index in [-0.39, 0.29) is 5.82 Å². The second-order valence-electron chi connectivity index (χ2n) is 3.53. The molecule has 1 aromatic heterocycles. The third-order valence-electron chi connectivity index (χ3n) is 2.39. The summed E-state index contributed by atoms with van der Waals surface area (Å²) in [6.07, 6.45) is 0.711. The van der Waals surface area contributed by atoms with Gasteiger partial charge in [0.25, 0.3) is 0 Å². The maximum Gasteiger partial charge on any atom is 0.163 e. The van der Waals surface area contributed by atoms with Crippen LogP contribution in [0.2, 0.25) is 0 Å². The van der Waals surface area contributed by atoms with Crippen molar-refractivity contribution in [3.8, 4) is 11.4 Å². The van der Waals surface area contributed by atoms with Gasteiger partial charge in [-0.3, -0.25) is 0 Å². The standard InChI is InChI=1S/C11H13FN4/c1-3-9-14-11(16(2)15-9)10-7(12)5-4-6-8(10)13/h4-6H,3,13H2,1-2H3. The number of halogens is 1. The molecule has 0 atom stereocenters. The predicted molar refractivity (Wildman–Crippen MR) is 60.2 cm³/mol. The van der Waals surface area contributed by atoms with Crippen LogP contribution in [0, 0.1) is 5.82 Å². The van der Waals surface area contributed by atoms with E-state index in [0.29, 0.717) is 29.3 Å². The summed E-state index contributed by atoms with van der Waals surface area (Å²) >= 11 is 0. The van der Waals surface area contributed by atoms with Crippen molar-refractivity contribution < 1.29 is 4.39 Å². The van der Waals surface area contributed by atoms with Crippen molar-refractivity contribution in [2.24, 2.45) is 7.05 Å². The summed E-state index contributed by atoms with van der Waals surface area (Å²) < 4.78 is 15.2. The van der Waals surface area contributed by atoms with Crippen LogP contribution in [0.5, 0.6) is 0 Å². The summed E-state index contributed by atoms with van der Waals surface area (Å²) in [5.41, 5.74) is 6.44. The summed E-state index contributed by atoms with van der Waals surface area (Å²) in [6.45, 7) is 1.95. The average molecular weight is 220 g/mol. The van der Waals surface area contributed by atoms with E-state index < -0.39 is 0 Å². The molecule has 0 spiro atoms. The number of hydrogen-bond acceptors (Lipinski definition) is 3. The van der Waals surface area contributed by atoms with Crippen LogP contribution in [0.25, 0.3) is 11.4 Å². The fourth-order valence-electron chi connectivity index (χ4n) is 1.58. The fraction of sp³-hybridized carbons (Fsp3) is 0.273. The van der Waals surface area contributed by atoms with Gasteiger partial charge in [0.1, 0.15) is 5.82 Å². The zero-order chi connectivity index (χ0) is 11.7. The number of nitrogens with two attached hydrogens (primary N) is 1. The predicted octanol–water partition coefficient (Wildman–Crippen LogP) is 1.77. The van der Waals surface area contributed by atoms with Crippen LogP contribution < -0.4 is 5.73 Å². The maximum atomic E-state index is 13.7. The lowest BCUT2D eigenvalue weighted by Gasteiger charge is -2.05. The first kappa shape index (κ1) is 10.6. The molecule has 1 heterocycles. The molecular weight excluding hydrogens is 207 g/mol. The fourth-order valence-corrected chi connectivity index (χ4v) is 1.58. The van der Waals surface area contributed by atoms with Gasteiger partial charge in [0.05, 0.1) is 5.56 Å². The molecule has 0 aliphatic heterocycles. The number of nitrogens with zero attached hydrogens (tertiary/aromatic N) is 3. The van der Waals surface area contributed by atoms with Gasteiger partial charge in [0.15, 0.2) is 11.6 Å². The highest BCUT2D eigenvalue weighted by atomic mass is 19.1. The Morgan fingerprint density at radius 2 is 2.19 bits per heavy atom. The number of aromatic nitrogens is 3. The zero-order valence-electron chi connectivity index (χ0n) is 9.24. The van der Waals surface area contributed by atoms with Crippen molar-refractivity contribution in [1.29, 1.82) is 0 Å². The van der Waals surface area contributed by atoms with E-state index in [1.54, 1.807) is 23.9 Å². The van der Waals surface area contributed by atoms with E-state index in [4.69, 9.17) is 5.73 Å².